The number of hydrogen-bond acceptors (Lipinski definition) is 2. The Hall–Kier alpha value is -2.69. The summed E-state index contributed by atoms with van der Waals surface area (Å²) < 4.78 is 13.1. The number of carbonyl (C=O) groups excluding carboxylic acids is 2. The zero-order valence-corrected chi connectivity index (χ0v) is 14.9. The van der Waals surface area contributed by atoms with Gasteiger partial charge in [0.05, 0.1) is 6.54 Å². The lowest BCUT2D eigenvalue weighted by molar-refractivity contribution is -0.125. The van der Waals surface area contributed by atoms with E-state index in [2.05, 4.69) is 5.32 Å². The van der Waals surface area contributed by atoms with Crippen molar-refractivity contribution >= 4 is 17.5 Å². The molecule has 0 aliphatic carbocycles. The number of anilines is 1. The maximum atomic E-state index is 13.1. The van der Waals surface area contributed by atoms with Crippen LogP contribution in [0.2, 0.25) is 0 Å². The van der Waals surface area contributed by atoms with Gasteiger partial charge in [0.25, 0.3) is 0 Å². The minimum Gasteiger partial charge on any atom is -0.347 e. The Bertz CT molecular complexity index is 789. The molecule has 2 aromatic carbocycles. The lowest BCUT2D eigenvalue weighted by Crippen LogP contribution is -2.39. The minimum atomic E-state index is -0.287. The van der Waals surface area contributed by atoms with Gasteiger partial charge in [-0.3, -0.25) is 9.59 Å². The van der Waals surface area contributed by atoms with Gasteiger partial charge in [0.1, 0.15) is 5.82 Å². The van der Waals surface area contributed by atoms with E-state index in [-0.39, 0.29) is 36.5 Å². The molecule has 136 valence electrons. The number of amides is 2. The van der Waals surface area contributed by atoms with E-state index in [9.17, 15) is 14.0 Å². The SMILES string of the molecule is CCC(CC(=O)NCC(=O)N1CCc2ccccc21)c1ccc(F)cc1. The fraction of sp³-hybridized carbons (Fsp3) is 0.333. The van der Waals surface area contributed by atoms with Crippen LogP contribution in [0.4, 0.5) is 10.1 Å². The third-order valence-corrected chi connectivity index (χ3v) is 4.89. The van der Waals surface area contributed by atoms with Gasteiger partial charge in [-0.15, -0.1) is 0 Å². The van der Waals surface area contributed by atoms with Crippen molar-refractivity contribution in [2.75, 3.05) is 18.0 Å². The maximum Gasteiger partial charge on any atom is 0.246 e. The fourth-order valence-corrected chi connectivity index (χ4v) is 3.40. The molecule has 0 fully saturated rings. The number of carbonyl (C=O) groups is 2. The Labute approximate surface area is 153 Å². The molecule has 0 bridgehead atoms. The summed E-state index contributed by atoms with van der Waals surface area (Å²) in [4.78, 5) is 26.4. The molecule has 1 unspecified atom stereocenters. The monoisotopic (exact) mass is 354 g/mol. The van der Waals surface area contributed by atoms with E-state index in [0.29, 0.717) is 6.54 Å². The molecule has 5 heteroatoms. The van der Waals surface area contributed by atoms with Crippen LogP contribution in [0.5, 0.6) is 0 Å². The van der Waals surface area contributed by atoms with Gasteiger partial charge in [-0.05, 0) is 48.1 Å². The number of para-hydroxylation sites is 1. The largest absolute Gasteiger partial charge is 0.347 e. The predicted octanol–water partition coefficient (Wildman–Crippen LogP) is 3.41. The Morgan fingerprint density at radius 2 is 1.88 bits per heavy atom. The number of hydrogen-bond donors (Lipinski definition) is 1. The first-order chi connectivity index (χ1) is 12.6. The van der Waals surface area contributed by atoms with Crippen LogP contribution in [0.1, 0.15) is 36.8 Å². The third kappa shape index (κ3) is 4.10. The second kappa shape index (κ2) is 8.13. The zero-order valence-electron chi connectivity index (χ0n) is 14.9. The highest BCUT2D eigenvalue weighted by molar-refractivity contribution is 5.98. The van der Waals surface area contributed by atoms with Crippen LogP contribution in [-0.2, 0) is 16.0 Å². The highest BCUT2D eigenvalue weighted by Crippen LogP contribution is 2.27. The van der Waals surface area contributed by atoms with Crippen molar-refractivity contribution in [3.05, 3.63) is 65.5 Å². The van der Waals surface area contributed by atoms with Gasteiger partial charge in [-0.1, -0.05) is 37.3 Å². The Kier molecular flexibility index (Phi) is 5.66. The molecule has 2 amide bonds. The molecule has 26 heavy (non-hydrogen) atoms. The van der Waals surface area contributed by atoms with Gasteiger partial charge in [0.2, 0.25) is 11.8 Å². The van der Waals surface area contributed by atoms with Gasteiger partial charge < -0.3 is 10.2 Å². The van der Waals surface area contributed by atoms with Crippen molar-refractivity contribution in [3.8, 4) is 0 Å². The summed E-state index contributed by atoms with van der Waals surface area (Å²) in [6.45, 7) is 2.64. The summed E-state index contributed by atoms with van der Waals surface area (Å²) in [5.41, 5.74) is 3.03. The summed E-state index contributed by atoms with van der Waals surface area (Å²) in [5, 5.41) is 2.73. The van der Waals surface area contributed by atoms with Gasteiger partial charge in [0, 0.05) is 18.7 Å². The van der Waals surface area contributed by atoms with E-state index < -0.39 is 0 Å². The van der Waals surface area contributed by atoms with Crippen molar-refractivity contribution in [2.24, 2.45) is 0 Å². The van der Waals surface area contributed by atoms with Crippen LogP contribution in [0, 0.1) is 5.82 Å². The second-order valence-corrected chi connectivity index (χ2v) is 6.56. The number of halogens is 1. The molecule has 4 nitrogen and oxygen atoms in total. The van der Waals surface area contributed by atoms with Crippen LogP contribution in [0.25, 0.3) is 0 Å². The second-order valence-electron chi connectivity index (χ2n) is 6.56. The summed E-state index contributed by atoms with van der Waals surface area (Å²) in [6.07, 6.45) is 1.90. The molecule has 0 saturated carbocycles. The van der Waals surface area contributed by atoms with Gasteiger partial charge >= 0.3 is 0 Å². The highest BCUT2D eigenvalue weighted by Gasteiger charge is 2.24. The quantitative estimate of drug-likeness (QED) is 0.864. The molecule has 0 saturated heterocycles. The van der Waals surface area contributed by atoms with Crippen molar-refractivity contribution in [1.82, 2.24) is 5.32 Å². The smallest absolute Gasteiger partial charge is 0.246 e. The molecule has 1 N–H and O–H groups in total. The lowest BCUT2D eigenvalue weighted by Gasteiger charge is -2.19. The summed E-state index contributed by atoms with van der Waals surface area (Å²) in [5.74, 6) is -0.539. The van der Waals surface area contributed by atoms with E-state index in [0.717, 1.165) is 29.7 Å². The van der Waals surface area contributed by atoms with Crippen LogP contribution >= 0.6 is 0 Å². The van der Waals surface area contributed by atoms with Crippen molar-refractivity contribution in [1.29, 1.82) is 0 Å². The Balaban J connectivity index is 1.53. The van der Waals surface area contributed by atoms with Crippen molar-refractivity contribution < 1.29 is 14.0 Å². The van der Waals surface area contributed by atoms with Crippen LogP contribution in [0.3, 0.4) is 0 Å². The average molecular weight is 354 g/mol. The number of fused-ring (bicyclic) bond motifs is 1. The Morgan fingerprint density at radius 1 is 1.15 bits per heavy atom. The predicted molar refractivity (Wildman–Crippen MR) is 99.6 cm³/mol. The molecule has 3 rings (SSSR count). The molecule has 0 radical (unpaired) electrons. The maximum absolute atomic E-state index is 13.1. The number of nitrogens with one attached hydrogen (secondary N) is 1. The van der Waals surface area contributed by atoms with Crippen LogP contribution in [-0.4, -0.2) is 24.9 Å². The minimum absolute atomic E-state index is 0.00692. The van der Waals surface area contributed by atoms with Crippen molar-refractivity contribution in [3.63, 3.8) is 0 Å². The first-order valence-electron chi connectivity index (χ1n) is 8.99. The van der Waals surface area contributed by atoms with E-state index in [1.165, 1.54) is 12.1 Å². The van der Waals surface area contributed by atoms with E-state index in [1.807, 2.05) is 31.2 Å². The summed E-state index contributed by atoms with van der Waals surface area (Å²) in [7, 11) is 0. The average Bonchev–Trinajstić information content (AvgIpc) is 3.09. The standard InChI is InChI=1S/C21H23FN2O2/c1-2-15(16-7-9-18(22)10-8-16)13-20(25)23-14-21(26)24-12-11-17-5-3-4-6-19(17)24/h3-10,15H,2,11-14H2,1H3,(H,23,25). The summed E-state index contributed by atoms with van der Waals surface area (Å²) >= 11 is 0. The third-order valence-electron chi connectivity index (χ3n) is 4.89. The molecule has 2 aromatic rings. The molecular formula is C21H23FN2O2. The van der Waals surface area contributed by atoms with E-state index in [1.54, 1.807) is 17.0 Å². The van der Waals surface area contributed by atoms with E-state index >= 15 is 0 Å². The number of rotatable bonds is 6. The first-order valence-corrected chi connectivity index (χ1v) is 8.99. The summed E-state index contributed by atoms with van der Waals surface area (Å²) in [6, 6.07) is 14.1. The molecule has 1 aliphatic rings. The molecule has 0 spiro atoms. The highest BCUT2D eigenvalue weighted by atomic mass is 19.1. The van der Waals surface area contributed by atoms with Gasteiger partial charge in [-0.25, -0.2) is 4.39 Å². The number of benzene rings is 2. The van der Waals surface area contributed by atoms with Gasteiger partial charge in [0.15, 0.2) is 0 Å². The lowest BCUT2D eigenvalue weighted by atomic mass is 9.93. The number of nitrogens with zero attached hydrogens (tertiary/aromatic N) is 1. The van der Waals surface area contributed by atoms with E-state index in [4.69, 9.17) is 0 Å². The topological polar surface area (TPSA) is 49.4 Å². The zero-order chi connectivity index (χ0) is 18.5. The van der Waals surface area contributed by atoms with Crippen molar-refractivity contribution in [2.45, 2.75) is 32.1 Å². The van der Waals surface area contributed by atoms with Crippen LogP contribution < -0.4 is 10.2 Å². The Morgan fingerprint density at radius 3 is 2.62 bits per heavy atom. The van der Waals surface area contributed by atoms with Gasteiger partial charge in [-0.2, -0.15) is 0 Å². The fourth-order valence-electron chi connectivity index (χ4n) is 3.40. The molecular weight excluding hydrogens is 331 g/mol. The van der Waals surface area contributed by atoms with Crippen LogP contribution in [0.15, 0.2) is 48.5 Å². The first kappa shape index (κ1) is 18.1. The molecule has 1 heterocycles. The molecule has 1 atom stereocenters. The normalized spacial score (nSPS) is 14.0. The molecule has 1 aliphatic heterocycles. The molecule has 0 aromatic heterocycles.